The molecule has 2 aromatic carbocycles. The normalized spacial score (nSPS) is 14.4. The summed E-state index contributed by atoms with van der Waals surface area (Å²) in [6.45, 7) is 4.19. The van der Waals surface area contributed by atoms with Crippen molar-refractivity contribution in [1.29, 1.82) is 0 Å². The predicted molar refractivity (Wildman–Crippen MR) is 131 cm³/mol. The molecule has 1 aromatic heterocycles. The van der Waals surface area contributed by atoms with Crippen LogP contribution in [0.3, 0.4) is 0 Å². The zero-order valence-corrected chi connectivity index (χ0v) is 20.1. The van der Waals surface area contributed by atoms with Gasteiger partial charge in [0.1, 0.15) is 17.7 Å². The van der Waals surface area contributed by atoms with E-state index in [9.17, 15) is 14.4 Å². The molecule has 0 saturated heterocycles. The number of hydrogen-bond donors (Lipinski definition) is 1. The van der Waals surface area contributed by atoms with Crippen molar-refractivity contribution < 1.29 is 19.1 Å². The Bertz CT molecular complexity index is 1290. The molecular weight excluding hydrogens is 452 g/mol. The van der Waals surface area contributed by atoms with Crippen molar-refractivity contribution in [2.24, 2.45) is 0 Å². The molecule has 0 aliphatic carbocycles. The highest BCUT2D eigenvalue weighted by molar-refractivity contribution is 7.99. The highest BCUT2D eigenvalue weighted by Crippen LogP contribution is 2.40. The lowest BCUT2D eigenvalue weighted by Crippen LogP contribution is -2.30. The van der Waals surface area contributed by atoms with Gasteiger partial charge in [-0.1, -0.05) is 48.5 Å². The van der Waals surface area contributed by atoms with Crippen LogP contribution in [0.4, 0.5) is 10.5 Å². The van der Waals surface area contributed by atoms with Crippen LogP contribution in [0.25, 0.3) is 0 Å². The molecule has 8 heteroatoms. The number of rotatable bonds is 6. The SMILES string of the molecule is COC(=O)[C@@H]1CSc2c(NC(=O)OCc3ccccc3)c(Cc3cccc(C)c3C)cc(=O)n21. The van der Waals surface area contributed by atoms with Crippen LogP contribution in [0.15, 0.2) is 64.4 Å². The van der Waals surface area contributed by atoms with Crippen molar-refractivity contribution in [3.05, 3.63) is 92.8 Å². The maximum atomic E-state index is 13.1. The van der Waals surface area contributed by atoms with Gasteiger partial charge in [-0.15, -0.1) is 11.8 Å². The lowest BCUT2D eigenvalue weighted by molar-refractivity contribution is -0.143. The van der Waals surface area contributed by atoms with E-state index >= 15 is 0 Å². The molecule has 0 bridgehead atoms. The van der Waals surface area contributed by atoms with Crippen LogP contribution < -0.4 is 10.9 Å². The second kappa shape index (κ2) is 10.2. The van der Waals surface area contributed by atoms with E-state index in [-0.39, 0.29) is 12.2 Å². The number of thioether (sulfide) groups is 1. The molecule has 1 atom stereocenters. The molecule has 3 aromatic rings. The molecule has 1 amide bonds. The van der Waals surface area contributed by atoms with Gasteiger partial charge < -0.3 is 9.47 Å². The molecule has 0 radical (unpaired) electrons. The van der Waals surface area contributed by atoms with Crippen LogP contribution in [-0.4, -0.2) is 29.5 Å². The Balaban J connectivity index is 1.70. The number of nitrogens with one attached hydrogen (secondary N) is 1. The van der Waals surface area contributed by atoms with Gasteiger partial charge in [-0.05, 0) is 41.7 Å². The molecule has 176 valence electrons. The fraction of sp³-hybridized carbons (Fsp3) is 0.269. The Morgan fingerprint density at radius 3 is 2.59 bits per heavy atom. The van der Waals surface area contributed by atoms with Gasteiger partial charge in [0.05, 0.1) is 12.8 Å². The van der Waals surface area contributed by atoms with Gasteiger partial charge in [0.25, 0.3) is 5.56 Å². The first kappa shape index (κ1) is 23.6. The van der Waals surface area contributed by atoms with E-state index in [0.29, 0.717) is 28.5 Å². The number of nitrogens with zero attached hydrogens (tertiary/aromatic N) is 1. The second-order valence-corrected chi connectivity index (χ2v) is 9.14. The van der Waals surface area contributed by atoms with Crippen molar-refractivity contribution in [2.75, 3.05) is 18.2 Å². The number of pyridine rings is 1. The standard InChI is InChI=1S/C26H26N2O5S/c1-16-8-7-11-19(17(16)2)12-20-13-22(29)28-21(25(30)32-3)15-34-24(28)23(20)27-26(31)33-14-18-9-5-4-6-10-18/h4-11,13,21H,12,14-15H2,1-3H3,(H,27,31)/t21-/m0/s1. The van der Waals surface area contributed by atoms with E-state index in [1.165, 1.54) is 29.5 Å². The average molecular weight is 479 g/mol. The Morgan fingerprint density at radius 1 is 1.09 bits per heavy atom. The van der Waals surface area contributed by atoms with Crippen LogP contribution in [0.5, 0.6) is 0 Å². The summed E-state index contributed by atoms with van der Waals surface area (Å²) >= 11 is 1.34. The Morgan fingerprint density at radius 2 is 1.85 bits per heavy atom. The molecule has 1 aliphatic rings. The van der Waals surface area contributed by atoms with Gasteiger partial charge in [0, 0.05) is 18.2 Å². The highest BCUT2D eigenvalue weighted by atomic mass is 32.2. The minimum Gasteiger partial charge on any atom is -0.467 e. The summed E-state index contributed by atoms with van der Waals surface area (Å²) in [6.07, 6.45) is -0.177. The summed E-state index contributed by atoms with van der Waals surface area (Å²) < 4.78 is 11.7. The first-order valence-corrected chi connectivity index (χ1v) is 11.9. The Kier molecular flexibility index (Phi) is 7.07. The summed E-state index contributed by atoms with van der Waals surface area (Å²) in [4.78, 5) is 38.1. The van der Waals surface area contributed by atoms with E-state index in [1.54, 1.807) is 0 Å². The first-order chi connectivity index (χ1) is 16.4. The minimum atomic E-state index is -0.742. The van der Waals surface area contributed by atoms with E-state index < -0.39 is 18.1 Å². The number of esters is 1. The van der Waals surface area contributed by atoms with Gasteiger partial charge in [0.15, 0.2) is 0 Å². The molecule has 4 rings (SSSR count). The number of aromatic nitrogens is 1. The summed E-state index contributed by atoms with van der Waals surface area (Å²) in [7, 11) is 1.30. The van der Waals surface area contributed by atoms with Gasteiger partial charge in [-0.3, -0.25) is 14.7 Å². The number of hydrogen-bond acceptors (Lipinski definition) is 6. The number of anilines is 1. The largest absolute Gasteiger partial charge is 0.467 e. The smallest absolute Gasteiger partial charge is 0.412 e. The quantitative estimate of drug-likeness (QED) is 0.520. The predicted octanol–water partition coefficient (Wildman–Crippen LogP) is 4.62. The van der Waals surface area contributed by atoms with Crippen molar-refractivity contribution in [1.82, 2.24) is 4.57 Å². The molecule has 1 aliphatic heterocycles. The van der Waals surface area contributed by atoms with Crippen LogP contribution >= 0.6 is 11.8 Å². The zero-order chi connectivity index (χ0) is 24.2. The molecule has 34 heavy (non-hydrogen) atoms. The maximum absolute atomic E-state index is 13.1. The van der Waals surface area contributed by atoms with Crippen LogP contribution in [0, 0.1) is 13.8 Å². The Hall–Kier alpha value is -3.52. The summed E-state index contributed by atoms with van der Waals surface area (Å²) in [5.41, 5.74) is 5.03. The van der Waals surface area contributed by atoms with Crippen molar-refractivity contribution in [2.45, 2.75) is 37.9 Å². The topological polar surface area (TPSA) is 86.6 Å². The molecule has 0 fully saturated rings. The first-order valence-electron chi connectivity index (χ1n) is 10.9. The molecule has 7 nitrogen and oxygen atoms in total. The molecule has 1 N–H and O–H groups in total. The Labute approximate surface area is 202 Å². The fourth-order valence-corrected chi connectivity index (χ4v) is 5.25. The van der Waals surface area contributed by atoms with Crippen molar-refractivity contribution >= 4 is 29.5 Å². The summed E-state index contributed by atoms with van der Waals surface area (Å²) in [5, 5.41) is 3.37. The third kappa shape index (κ3) is 4.87. The van der Waals surface area contributed by atoms with Crippen LogP contribution in [0.1, 0.15) is 33.9 Å². The second-order valence-electron chi connectivity index (χ2n) is 8.13. The monoisotopic (exact) mass is 478 g/mol. The van der Waals surface area contributed by atoms with E-state index in [1.807, 2.05) is 62.4 Å². The number of amides is 1. The molecule has 0 unspecified atom stereocenters. The number of benzene rings is 2. The van der Waals surface area contributed by atoms with Gasteiger partial charge in [0.2, 0.25) is 0 Å². The lowest BCUT2D eigenvalue weighted by atomic mass is 9.97. The van der Waals surface area contributed by atoms with E-state index in [4.69, 9.17) is 9.47 Å². The lowest BCUT2D eigenvalue weighted by Gasteiger charge is -2.18. The number of carbonyl (C=O) groups excluding carboxylic acids is 2. The van der Waals surface area contributed by atoms with Crippen LogP contribution in [-0.2, 0) is 27.3 Å². The highest BCUT2D eigenvalue weighted by Gasteiger charge is 2.34. The maximum Gasteiger partial charge on any atom is 0.412 e. The molecule has 2 heterocycles. The number of methoxy groups -OCH3 is 1. The van der Waals surface area contributed by atoms with Crippen LogP contribution in [0.2, 0.25) is 0 Å². The number of carbonyl (C=O) groups is 2. The summed E-state index contributed by atoms with van der Waals surface area (Å²) in [6, 6.07) is 16.1. The van der Waals surface area contributed by atoms with E-state index in [2.05, 4.69) is 5.32 Å². The number of fused-ring (bicyclic) bond motifs is 1. The van der Waals surface area contributed by atoms with Crippen molar-refractivity contribution in [3.63, 3.8) is 0 Å². The van der Waals surface area contributed by atoms with Crippen molar-refractivity contribution in [3.8, 4) is 0 Å². The van der Waals surface area contributed by atoms with E-state index in [0.717, 1.165) is 22.3 Å². The number of aryl methyl sites for hydroxylation is 1. The average Bonchev–Trinajstić information content (AvgIpc) is 3.29. The third-order valence-electron chi connectivity index (χ3n) is 5.99. The van der Waals surface area contributed by atoms with Gasteiger partial charge >= 0.3 is 12.1 Å². The fourth-order valence-electron chi connectivity index (χ4n) is 3.97. The molecular formula is C26H26N2O5S. The molecule has 0 saturated carbocycles. The zero-order valence-electron chi connectivity index (χ0n) is 19.3. The van der Waals surface area contributed by atoms with Gasteiger partial charge in [-0.25, -0.2) is 9.59 Å². The minimum absolute atomic E-state index is 0.117. The third-order valence-corrected chi connectivity index (χ3v) is 7.15. The molecule has 0 spiro atoms. The summed E-state index contributed by atoms with van der Waals surface area (Å²) in [5.74, 6) is -0.143. The number of ether oxygens (including phenoxy) is 2. The van der Waals surface area contributed by atoms with Gasteiger partial charge in [-0.2, -0.15) is 0 Å².